The highest BCUT2D eigenvalue weighted by molar-refractivity contribution is 6.05. The molecule has 1 fully saturated rings. The molecule has 2 aliphatic rings. The number of fused-ring (bicyclic) bond motifs is 1. The maximum absolute atomic E-state index is 4.58. The summed E-state index contributed by atoms with van der Waals surface area (Å²) in [5, 5.41) is 7.74. The van der Waals surface area contributed by atoms with Crippen molar-refractivity contribution in [3.63, 3.8) is 0 Å². The highest BCUT2D eigenvalue weighted by Crippen LogP contribution is 2.37. The van der Waals surface area contributed by atoms with Crippen LogP contribution >= 0.6 is 0 Å². The molecule has 7 nitrogen and oxygen atoms in total. The Labute approximate surface area is 157 Å². The van der Waals surface area contributed by atoms with Gasteiger partial charge in [0.05, 0.1) is 18.3 Å². The minimum atomic E-state index is -0.0232. The van der Waals surface area contributed by atoms with Crippen molar-refractivity contribution < 1.29 is 0 Å². The minimum Gasteiger partial charge on any atom is -0.361 e. The van der Waals surface area contributed by atoms with E-state index < -0.39 is 0 Å². The molecule has 0 bridgehead atoms. The fraction of sp³-hybridized carbons (Fsp3) is 0.300. The van der Waals surface area contributed by atoms with E-state index in [9.17, 15) is 0 Å². The van der Waals surface area contributed by atoms with Crippen LogP contribution in [-0.4, -0.2) is 32.3 Å². The molecule has 5 rings (SSSR count). The zero-order valence-electron chi connectivity index (χ0n) is 15.1. The Kier molecular flexibility index (Phi) is 3.85. The van der Waals surface area contributed by atoms with E-state index in [1.54, 1.807) is 6.20 Å². The molecule has 27 heavy (non-hydrogen) atoms. The number of amidine groups is 1. The van der Waals surface area contributed by atoms with Crippen LogP contribution in [-0.2, 0) is 0 Å². The summed E-state index contributed by atoms with van der Waals surface area (Å²) in [5.74, 6) is 2.93. The third-order valence-electron chi connectivity index (χ3n) is 5.03. The van der Waals surface area contributed by atoms with Crippen LogP contribution in [0.15, 0.2) is 53.4 Å². The van der Waals surface area contributed by atoms with Gasteiger partial charge in [-0.25, -0.2) is 4.98 Å². The number of H-pyrrole nitrogens is 1. The number of aliphatic imine (C=N–C) groups is 1. The predicted octanol–water partition coefficient (Wildman–Crippen LogP) is 3.69. The summed E-state index contributed by atoms with van der Waals surface area (Å²) in [6.07, 6.45) is 10.2. The number of aromatic amines is 1. The monoisotopic (exact) mass is 359 g/mol. The van der Waals surface area contributed by atoms with Gasteiger partial charge >= 0.3 is 0 Å². The van der Waals surface area contributed by atoms with Crippen LogP contribution in [0.5, 0.6) is 0 Å². The molecule has 0 amide bonds. The molecular formula is C20H21N7. The summed E-state index contributed by atoms with van der Waals surface area (Å²) in [4.78, 5) is 21.2. The molecule has 0 aromatic carbocycles. The van der Waals surface area contributed by atoms with Gasteiger partial charge in [0.1, 0.15) is 11.7 Å². The van der Waals surface area contributed by atoms with Gasteiger partial charge in [-0.15, -0.1) is 0 Å². The van der Waals surface area contributed by atoms with E-state index in [2.05, 4.69) is 48.6 Å². The van der Waals surface area contributed by atoms with Crippen LogP contribution in [0.2, 0.25) is 0 Å². The lowest BCUT2D eigenvalue weighted by Crippen LogP contribution is -2.13. The molecule has 4 heterocycles. The fourth-order valence-corrected chi connectivity index (χ4v) is 3.46. The van der Waals surface area contributed by atoms with E-state index in [1.165, 1.54) is 18.4 Å². The molecule has 7 heteroatoms. The van der Waals surface area contributed by atoms with Gasteiger partial charge in [-0.05, 0) is 55.5 Å². The van der Waals surface area contributed by atoms with E-state index in [-0.39, 0.29) is 6.04 Å². The second-order valence-corrected chi connectivity index (χ2v) is 7.09. The predicted molar refractivity (Wildman–Crippen MR) is 107 cm³/mol. The van der Waals surface area contributed by atoms with Gasteiger partial charge < -0.3 is 15.6 Å². The summed E-state index contributed by atoms with van der Waals surface area (Å²) in [7, 11) is 0. The number of rotatable bonds is 5. The lowest BCUT2D eigenvalue weighted by molar-refractivity contribution is 0.833. The van der Waals surface area contributed by atoms with Gasteiger partial charge in [-0.1, -0.05) is 0 Å². The Morgan fingerprint density at radius 1 is 1.15 bits per heavy atom. The number of nitrogens with zero attached hydrogens (tertiary/aromatic N) is 4. The van der Waals surface area contributed by atoms with Crippen molar-refractivity contribution in [1.29, 1.82) is 0 Å². The smallest absolute Gasteiger partial charge is 0.225 e. The van der Waals surface area contributed by atoms with Crippen LogP contribution in [0, 0.1) is 5.92 Å². The first-order valence-corrected chi connectivity index (χ1v) is 9.30. The standard InChI is InChI=1S/C20H21N7/c1-12(19-15-4-7-21-16(15)5-8-22-19)25-20-23-9-6-17(27-20)26-18-10-14(11-24-18)13-2-3-13/h4-10,12-13,21H,2-3,11H2,1H3,(H2,23,24,25,26,27)/t12-/m0/s1. The largest absolute Gasteiger partial charge is 0.361 e. The summed E-state index contributed by atoms with van der Waals surface area (Å²) in [6, 6.07) is 5.84. The van der Waals surface area contributed by atoms with E-state index in [0.717, 1.165) is 40.7 Å². The Hall–Kier alpha value is -3.22. The molecule has 1 aliphatic carbocycles. The highest BCUT2D eigenvalue weighted by atomic mass is 15.2. The molecule has 1 aliphatic heterocycles. The third kappa shape index (κ3) is 3.28. The van der Waals surface area contributed by atoms with Gasteiger partial charge in [0.25, 0.3) is 0 Å². The molecule has 0 unspecified atom stereocenters. The maximum atomic E-state index is 4.58. The topological polar surface area (TPSA) is 90.9 Å². The second-order valence-electron chi connectivity index (χ2n) is 7.09. The number of anilines is 2. The van der Waals surface area contributed by atoms with Gasteiger partial charge in [0.15, 0.2) is 0 Å². The Balaban J connectivity index is 1.31. The molecule has 0 spiro atoms. The molecule has 0 radical (unpaired) electrons. The zero-order chi connectivity index (χ0) is 18.2. The Morgan fingerprint density at radius 2 is 2.04 bits per heavy atom. The summed E-state index contributed by atoms with van der Waals surface area (Å²) < 4.78 is 0. The molecule has 136 valence electrons. The number of aromatic nitrogens is 4. The number of pyridine rings is 1. The first-order valence-electron chi connectivity index (χ1n) is 9.30. The van der Waals surface area contributed by atoms with Crippen molar-refractivity contribution in [3.8, 4) is 0 Å². The maximum Gasteiger partial charge on any atom is 0.225 e. The van der Waals surface area contributed by atoms with Gasteiger partial charge in [0, 0.05) is 29.5 Å². The van der Waals surface area contributed by atoms with E-state index in [1.807, 2.05) is 30.6 Å². The first-order chi connectivity index (χ1) is 13.3. The Morgan fingerprint density at radius 3 is 2.93 bits per heavy atom. The van der Waals surface area contributed by atoms with Crippen molar-refractivity contribution >= 4 is 28.5 Å². The van der Waals surface area contributed by atoms with Gasteiger partial charge in [0.2, 0.25) is 5.95 Å². The average Bonchev–Trinajstić information content (AvgIpc) is 3.22. The summed E-state index contributed by atoms with van der Waals surface area (Å²) in [5.41, 5.74) is 3.47. The van der Waals surface area contributed by atoms with Crippen LogP contribution in [0.4, 0.5) is 11.8 Å². The number of hydrogen-bond acceptors (Lipinski definition) is 6. The minimum absolute atomic E-state index is 0.0232. The lowest BCUT2D eigenvalue weighted by atomic mass is 10.1. The quantitative estimate of drug-likeness (QED) is 0.646. The normalized spacial score (nSPS) is 17.5. The summed E-state index contributed by atoms with van der Waals surface area (Å²) >= 11 is 0. The van der Waals surface area contributed by atoms with E-state index in [4.69, 9.17) is 0 Å². The SMILES string of the molecule is C[C@H](Nc1nccc(NC2=NCC(C3CC3)=C2)n1)c1nccc2[nH]ccc12. The Bertz CT molecular complexity index is 1050. The van der Waals surface area contributed by atoms with Crippen LogP contribution < -0.4 is 10.6 Å². The van der Waals surface area contributed by atoms with E-state index >= 15 is 0 Å². The van der Waals surface area contributed by atoms with Crippen molar-refractivity contribution in [2.24, 2.45) is 10.9 Å². The zero-order valence-corrected chi connectivity index (χ0v) is 15.1. The third-order valence-corrected chi connectivity index (χ3v) is 5.03. The van der Waals surface area contributed by atoms with Crippen molar-refractivity contribution in [2.75, 3.05) is 17.2 Å². The van der Waals surface area contributed by atoms with E-state index in [0.29, 0.717) is 5.95 Å². The van der Waals surface area contributed by atoms with Crippen LogP contribution in [0.3, 0.4) is 0 Å². The molecule has 3 N–H and O–H groups in total. The molecule has 3 aromatic heterocycles. The van der Waals surface area contributed by atoms with Crippen LogP contribution in [0.1, 0.15) is 31.5 Å². The number of hydrogen-bond donors (Lipinski definition) is 3. The second kappa shape index (κ2) is 6.50. The van der Waals surface area contributed by atoms with Crippen molar-refractivity contribution in [3.05, 3.63) is 54.1 Å². The van der Waals surface area contributed by atoms with Crippen LogP contribution in [0.25, 0.3) is 10.9 Å². The van der Waals surface area contributed by atoms with Gasteiger partial charge in [-0.2, -0.15) is 4.98 Å². The fourth-order valence-electron chi connectivity index (χ4n) is 3.46. The van der Waals surface area contributed by atoms with Crippen molar-refractivity contribution in [2.45, 2.75) is 25.8 Å². The number of nitrogens with one attached hydrogen (secondary N) is 3. The average molecular weight is 359 g/mol. The molecule has 3 aromatic rings. The molecular weight excluding hydrogens is 338 g/mol. The lowest BCUT2D eigenvalue weighted by Gasteiger charge is -2.15. The molecule has 1 atom stereocenters. The molecule has 1 saturated carbocycles. The molecule has 0 saturated heterocycles. The summed E-state index contributed by atoms with van der Waals surface area (Å²) in [6.45, 7) is 2.87. The van der Waals surface area contributed by atoms with Crippen molar-refractivity contribution in [1.82, 2.24) is 19.9 Å². The highest BCUT2D eigenvalue weighted by Gasteiger charge is 2.27. The first kappa shape index (κ1) is 16.0. The van der Waals surface area contributed by atoms with Gasteiger partial charge in [-0.3, -0.25) is 9.98 Å².